The minimum atomic E-state index is -1.81. The molecule has 0 saturated carbocycles. The lowest BCUT2D eigenvalue weighted by molar-refractivity contribution is -0.144. The number of benzene rings is 1. The van der Waals surface area contributed by atoms with E-state index in [1.165, 1.54) is 21.9 Å². The van der Waals surface area contributed by atoms with Gasteiger partial charge in [0.05, 0.1) is 12.6 Å². The topological polar surface area (TPSA) is 151 Å². The highest BCUT2D eigenvalue weighted by molar-refractivity contribution is 5.94. The summed E-state index contributed by atoms with van der Waals surface area (Å²) in [6.07, 6.45) is -3.55. The number of carbonyl (C=O) groups excluding carboxylic acids is 3. The molecule has 5 N–H and O–H groups in total. The molecule has 1 aliphatic heterocycles. The SMILES string of the molecule is CCC(=O)N1CCCCN(C(=O)c2ccc(F)cc2)C[C@H](O)[C@@H](O)[C@H](O)[C@H](CO)NC(=O)[C@@H]1[C@@H](C)CC. The highest BCUT2D eigenvalue weighted by Crippen LogP contribution is 2.20. The maximum absolute atomic E-state index is 13.4. The van der Waals surface area contributed by atoms with Crippen molar-refractivity contribution in [1.29, 1.82) is 0 Å². The first-order valence-corrected chi connectivity index (χ1v) is 12.8. The molecular weight excluding hydrogens is 485 g/mol. The highest BCUT2D eigenvalue weighted by Gasteiger charge is 2.38. The fourth-order valence-corrected chi connectivity index (χ4v) is 4.49. The van der Waals surface area contributed by atoms with E-state index < -0.39 is 54.6 Å². The summed E-state index contributed by atoms with van der Waals surface area (Å²) in [5.74, 6) is -2.06. The van der Waals surface area contributed by atoms with Gasteiger partial charge in [-0.25, -0.2) is 4.39 Å². The van der Waals surface area contributed by atoms with Crippen LogP contribution in [0.1, 0.15) is 56.8 Å². The Morgan fingerprint density at radius 2 is 1.70 bits per heavy atom. The molecule has 0 aliphatic carbocycles. The van der Waals surface area contributed by atoms with Gasteiger partial charge in [-0.3, -0.25) is 14.4 Å². The molecule has 0 bridgehead atoms. The summed E-state index contributed by atoms with van der Waals surface area (Å²) in [7, 11) is 0. The average Bonchev–Trinajstić information content (AvgIpc) is 2.90. The van der Waals surface area contributed by atoms with Crippen molar-refractivity contribution in [3.63, 3.8) is 0 Å². The average molecular weight is 526 g/mol. The number of aliphatic hydroxyl groups is 4. The Labute approximate surface area is 217 Å². The van der Waals surface area contributed by atoms with Crippen molar-refractivity contribution in [3.05, 3.63) is 35.6 Å². The van der Waals surface area contributed by atoms with Crippen molar-refractivity contribution in [2.75, 3.05) is 26.2 Å². The van der Waals surface area contributed by atoms with Crippen molar-refractivity contribution in [2.24, 2.45) is 5.92 Å². The lowest BCUT2D eigenvalue weighted by atomic mass is 9.94. The van der Waals surface area contributed by atoms with E-state index in [1.54, 1.807) is 6.92 Å². The van der Waals surface area contributed by atoms with Crippen LogP contribution in [-0.2, 0) is 9.59 Å². The van der Waals surface area contributed by atoms with E-state index in [4.69, 9.17) is 0 Å². The molecule has 10 nitrogen and oxygen atoms in total. The van der Waals surface area contributed by atoms with Crippen molar-refractivity contribution in [3.8, 4) is 0 Å². The summed E-state index contributed by atoms with van der Waals surface area (Å²) in [6.45, 7) is 4.71. The molecule has 208 valence electrons. The number of aliphatic hydroxyl groups excluding tert-OH is 4. The smallest absolute Gasteiger partial charge is 0.253 e. The second kappa shape index (κ2) is 14.4. The number of nitrogens with zero attached hydrogens (tertiary/aromatic N) is 2. The molecule has 1 saturated heterocycles. The van der Waals surface area contributed by atoms with E-state index in [9.17, 15) is 39.2 Å². The monoisotopic (exact) mass is 525 g/mol. The van der Waals surface area contributed by atoms with E-state index in [-0.39, 0.29) is 43.4 Å². The van der Waals surface area contributed by atoms with Crippen LogP contribution in [0.2, 0.25) is 0 Å². The Bertz CT molecular complexity index is 901. The van der Waals surface area contributed by atoms with Crippen LogP contribution in [0.15, 0.2) is 24.3 Å². The molecule has 0 aromatic heterocycles. The molecule has 3 amide bonds. The molecule has 1 fully saturated rings. The molecule has 37 heavy (non-hydrogen) atoms. The first kappa shape index (κ1) is 30.6. The van der Waals surface area contributed by atoms with E-state index in [0.29, 0.717) is 19.3 Å². The predicted octanol–water partition coefficient (Wildman–Crippen LogP) is 0.275. The third-order valence-corrected chi connectivity index (χ3v) is 6.95. The number of nitrogens with one attached hydrogen (secondary N) is 1. The first-order valence-electron chi connectivity index (χ1n) is 12.8. The van der Waals surface area contributed by atoms with Crippen LogP contribution in [0.25, 0.3) is 0 Å². The van der Waals surface area contributed by atoms with Gasteiger partial charge in [0.15, 0.2) is 0 Å². The predicted molar refractivity (Wildman–Crippen MR) is 134 cm³/mol. The quantitative estimate of drug-likeness (QED) is 0.370. The number of hydrogen-bond acceptors (Lipinski definition) is 7. The number of amides is 3. The largest absolute Gasteiger partial charge is 0.394 e. The zero-order chi connectivity index (χ0) is 27.7. The van der Waals surface area contributed by atoms with Crippen LogP contribution in [-0.4, -0.2) is 105 Å². The molecule has 1 aliphatic rings. The molecule has 6 atom stereocenters. The van der Waals surface area contributed by atoms with Gasteiger partial charge in [-0.15, -0.1) is 0 Å². The fourth-order valence-electron chi connectivity index (χ4n) is 4.49. The summed E-state index contributed by atoms with van der Waals surface area (Å²) in [5, 5.41) is 44.4. The van der Waals surface area contributed by atoms with Crippen LogP contribution in [0.4, 0.5) is 4.39 Å². The van der Waals surface area contributed by atoms with E-state index in [0.717, 1.165) is 12.1 Å². The van der Waals surface area contributed by atoms with Crippen molar-refractivity contribution in [1.82, 2.24) is 15.1 Å². The molecular formula is C26H40FN3O7. The fraction of sp³-hybridized carbons (Fsp3) is 0.654. The summed E-state index contributed by atoms with van der Waals surface area (Å²) in [6, 6.07) is 2.72. The highest BCUT2D eigenvalue weighted by atomic mass is 19.1. The molecule has 11 heteroatoms. The molecule has 0 radical (unpaired) electrons. The molecule has 0 unspecified atom stereocenters. The minimum Gasteiger partial charge on any atom is -0.394 e. The maximum Gasteiger partial charge on any atom is 0.253 e. The Kier molecular flexibility index (Phi) is 11.9. The number of hydrogen-bond donors (Lipinski definition) is 5. The van der Waals surface area contributed by atoms with Crippen LogP contribution < -0.4 is 5.32 Å². The first-order chi connectivity index (χ1) is 17.5. The minimum absolute atomic E-state index is 0.147. The Balaban J connectivity index is 2.42. The second-order valence-electron chi connectivity index (χ2n) is 9.58. The second-order valence-corrected chi connectivity index (χ2v) is 9.58. The van der Waals surface area contributed by atoms with Crippen LogP contribution >= 0.6 is 0 Å². The van der Waals surface area contributed by atoms with Crippen molar-refractivity contribution < 1.29 is 39.2 Å². The van der Waals surface area contributed by atoms with Crippen LogP contribution in [0.3, 0.4) is 0 Å². The number of halogens is 1. The van der Waals surface area contributed by atoms with E-state index in [2.05, 4.69) is 5.32 Å². The van der Waals surface area contributed by atoms with Gasteiger partial charge in [-0.05, 0) is 43.0 Å². The molecule has 0 spiro atoms. The summed E-state index contributed by atoms with van der Waals surface area (Å²) in [4.78, 5) is 42.1. The van der Waals surface area contributed by atoms with Gasteiger partial charge in [-0.2, -0.15) is 0 Å². The van der Waals surface area contributed by atoms with Gasteiger partial charge in [0, 0.05) is 31.6 Å². The Hall–Kier alpha value is -2.60. The normalized spacial score (nSPS) is 27.2. The third kappa shape index (κ3) is 7.94. The molecule has 1 aromatic carbocycles. The van der Waals surface area contributed by atoms with E-state index >= 15 is 0 Å². The van der Waals surface area contributed by atoms with Gasteiger partial charge in [0.25, 0.3) is 5.91 Å². The molecule has 1 heterocycles. The standard InChI is InChI=1S/C26H40FN3O7/c1-4-16(3)22-25(36)28-19(15-31)23(34)24(35)20(32)14-29(12-6-7-13-30(22)21(33)5-2)26(37)17-8-10-18(27)11-9-17/h8-11,16,19-20,22-24,31-32,34-35H,4-7,12-15H2,1-3H3,(H,28,36)/t16-,19-,20-,22-,23+,24+/m0/s1. The van der Waals surface area contributed by atoms with Gasteiger partial charge in [0.2, 0.25) is 11.8 Å². The third-order valence-electron chi connectivity index (χ3n) is 6.95. The summed E-state index contributed by atoms with van der Waals surface area (Å²) >= 11 is 0. The Morgan fingerprint density at radius 3 is 2.27 bits per heavy atom. The zero-order valence-electron chi connectivity index (χ0n) is 21.7. The molecule has 2 rings (SSSR count). The van der Waals surface area contributed by atoms with Gasteiger partial charge in [0.1, 0.15) is 30.2 Å². The number of rotatable bonds is 5. The van der Waals surface area contributed by atoms with E-state index in [1.807, 2.05) is 13.8 Å². The molecule has 1 aromatic rings. The van der Waals surface area contributed by atoms with Crippen molar-refractivity contribution >= 4 is 17.7 Å². The van der Waals surface area contributed by atoms with Crippen LogP contribution in [0, 0.1) is 11.7 Å². The zero-order valence-corrected chi connectivity index (χ0v) is 21.7. The Morgan fingerprint density at radius 1 is 1.08 bits per heavy atom. The van der Waals surface area contributed by atoms with Gasteiger partial charge < -0.3 is 35.5 Å². The van der Waals surface area contributed by atoms with Crippen molar-refractivity contribution in [2.45, 2.75) is 76.9 Å². The number of carbonyl (C=O) groups is 3. The maximum atomic E-state index is 13.4. The van der Waals surface area contributed by atoms with Gasteiger partial charge >= 0.3 is 0 Å². The van der Waals surface area contributed by atoms with Gasteiger partial charge in [-0.1, -0.05) is 27.2 Å². The summed E-state index contributed by atoms with van der Waals surface area (Å²) < 4.78 is 13.4. The lowest BCUT2D eigenvalue weighted by Gasteiger charge is -2.37. The lowest BCUT2D eigenvalue weighted by Crippen LogP contribution is -2.60. The summed E-state index contributed by atoms with van der Waals surface area (Å²) in [5.41, 5.74) is 0.185. The van der Waals surface area contributed by atoms with Crippen LogP contribution in [0.5, 0.6) is 0 Å². The number of β-amino-alcohol motifs (C(OH)–C–C–N with tert-alkyl or cyclic N) is 1.